The van der Waals surface area contributed by atoms with E-state index in [-0.39, 0.29) is 0 Å². The van der Waals surface area contributed by atoms with Crippen LogP contribution in [0, 0.1) is 13.8 Å². The van der Waals surface area contributed by atoms with Crippen LogP contribution in [0.15, 0.2) is 36.9 Å². The van der Waals surface area contributed by atoms with Crippen LogP contribution in [0.25, 0.3) is 21.8 Å². The lowest BCUT2D eigenvalue weighted by molar-refractivity contribution is 1.06. The monoisotopic (exact) mass is 268 g/mol. The van der Waals surface area contributed by atoms with Crippen LogP contribution in [0.3, 0.4) is 0 Å². The standard InChI is InChI=1S/C14H12N4S/c1-9-3-4-13(19-9)14-11(7-17-10(2)18-14)12-8-15-5-6-16-12/h3-8H,1-2H3. The van der Waals surface area contributed by atoms with Crippen LogP contribution in [0.5, 0.6) is 0 Å². The van der Waals surface area contributed by atoms with E-state index >= 15 is 0 Å². The summed E-state index contributed by atoms with van der Waals surface area (Å²) in [6.45, 7) is 3.98. The Balaban J connectivity index is 2.20. The van der Waals surface area contributed by atoms with E-state index < -0.39 is 0 Å². The minimum atomic E-state index is 0.758. The molecule has 0 saturated carbocycles. The number of nitrogens with zero attached hydrogens (tertiary/aromatic N) is 4. The Kier molecular flexibility index (Phi) is 3.05. The molecule has 0 radical (unpaired) electrons. The van der Waals surface area contributed by atoms with Crippen molar-refractivity contribution in [1.29, 1.82) is 0 Å². The first-order chi connectivity index (χ1) is 9.24. The average Bonchev–Trinajstić information content (AvgIpc) is 2.86. The first-order valence-electron chi connectivity index (χ1n) is 5.91. The van der Waals surface area contributed by atoms with Crippen molar-refractivity contribution >= 4 is 11.3 Å². The highest BCUT2D eigenvalue weighted by atomic mass is 32.1. The van der Waals surface area contributed by atoms with Gasteiger partial charge in [0.05, 0.1) is 22.5 Å². The fourth-order valence-corrected chi connectivity index (χ4v) is 2.72. The Labute approximate surface area is 115 Å². The molecule has 0 unspecified atom stereocenters. The highest BCUT2D eigenvalue weighted by Gasteiger charge is 2.13. The topological polar surface area (TPSA) is 51.6 Å². The Morgan fingerprint density at radius 2 is 1.89 bits per heavy atom. The van der Waals surface area contributed by atoms with Gasteiger partial charge in [-0.25, -0.2) is 9.97 Å². The van der Waals surface area contributed by atoms with Crippen molar-refractivity contribution < 1.29 is 0 Å². The van der Waals surface area contributed by atoms with Crippen LogP contribution in [0.4, 0.5) is 0 Å². The van der Waals surface area contributed by atoms with Crippen molar-refractivity contribution in [3.8, 4) is 21.8 Å². The smallest absolute Gasteiger partial charge is 0.125 e. The molecule has 19 heavy (non-hydrogen) atoms. The van der Waals surface area contributed by atoms with E-state index in [0.717, 1.165) is 27.7 Å². The van der Waals surface area contributed by atoms with Gasteiger partial charge in [0, 0.05) is 29.0 Å². The van der Waals surface area contributed by atoms with Gasteiger partial charge < -0.3 is 0 Å². The summed E-state index contributed by atoms with van der Waals surface area (Å²) in [7, 11) is 0. The summed E-state index contributed by atoms with van der Waals surface area (Å²) >= 11 is 1.72. The maximum atomic E-state index is 4.56. The van der Waals surface area contributed by atoms with Gasteiger partial charge in [-0.05, 0) is 26.0 Å². The van der Waals surface area contributed by atoms with Crippen molar-refractivity contribution in [3.05, 3.63) is 47.6 Å². The third-order valence-corrected chi connectivity index (χ3v) is 3.73. The molecule has 0 fully saturated rings. The Morgan fingerprint density at radius 1 is 1.00 bits per heavy atom. The number of thiophene rings is 1. The highest BCUT2D eigenvalue weighted by Crippen LogP contribution is 2.32. The van der Waals surface area contributed by atoms with Crippen LogP contribution >= 0.6 is 11.3 Å². The summed E-state index contributed by atoms with van der Waals surface area (Å²) in [5, 5.41) is 0. The zero-order valence-electron chi connectivity index (χ0n) is 10.7. The van der Waals surface area contributed by atoms with Crippen LogP contribution in [-0.4, -0.2) is 19.9 Å². The largest absolute Gasteiger partial charge is 0.261 e. The number of aromatic nitrogens is 4. The van der Waals surface area contributed by atoms with E-state index in [9.17, 15) is 0 Å². The summed E-state index contributed by atoms with van der Waals surface area (Å²) in [6.07, 6.45) is 6.89. The molecule has 3 aromatic rings. The zero-order chi connectivity index (χ0) is 13.2. The van der Waals surface area contributed by atoms with Crippen molar-refractivity contribution in [1.82, 2.24) is 19.9 Å². The van der Waals surface area contributed by atoms with E-state index in [1.807, 2.05) is 13.1 Å². The molecule has 0 saturated heterocycles. The minimum Gasteiger partial charge on any atom is -0.261 e. The molecule has 0 bridgehead atoms. The van der Waals surface area contributed by atoms with E-state index in [1.54, 1.807) is 29.9 Å². The first-order valence-corrected chi connectivity index (χ1v) is 6.72. The fourth-order valence-electron chi connectivity index (χ4n) is 1.85. The second-order valence-electron chi connectivity index (χ2n) is 4.18. The van der Waals surface area contributed by atoms with Gasteiger partial charge in [-0.2, -0.15) is 0 Å². The molecule has 94 valence electrons. The second-order valence-corrected chi connectivity index (χ2v) is 5.47. The summed E-state index contributed by atoms with van der Waals surface area (Å²) in [4.78, 5) is 19.7. The molecule has 0 atom stereocenters. The van der Waals surface area contributed by atoms with Crippen LogP contribution in [0.2, 0.25) is 0 Å². The summed E-state index contributed by atoms with van der Waals surface area (Å²) in [5.74, 6) is 0.758. The van der Waals surface area contributed by atoms with Gasteiger partial charge in [-0.1, -0.05) is 0 Å². The SMILES string of the molecule is Cc1ncc(-c2cnccn2)c(-c2ccc(C)s2)n1. The molecule has 3 heterocycles. The average molecular weight is 268 g/mol. The summed E-state index contributed by atoms with van der Waals surface area (Å²) in [5.41, 5.74) is 2.63. The third-order valence-electron chi connectivity index (χ3n) is 2.72. The molecule has 5 heteroatoms. The van der Waals surface area contributed by atoms with Crippen molar-refractivity contribution in [2.45, 2.75) is 13.8 Å². The van der Waals surface area contributed by atoms with Gasteiger partial charge in [0.2, 0.25) is 0 Å². The molecule has 3 rings (SSSR count). The predicted molar refractivity (Wildman–Crippen MR) is 75.8 cm³/mol. The summed E-state index contributed by atoms with van der Waals surface area (Å²) in [6, 6.07) is 4.18. The maximum Gasteiger partial charge on any atom is 0.125 e. The molecular formula is C14H12N4S. The van der Waals surface area contributed by atoms with E-state index in [1.165, 1.54) is 4.88 Å². The fraction of sp³-hybridized carbons (Fsp3) is 0.143. The molecule has 3 aromatic heterocycles. The van der Waals surface area contributed by atoms with Crippen molar-refractivity contribution in [2.24, 2.45) is 0 Å². The lowest BCUT2D eigenvalue weighted by Gasteiger charge is -2.06. The maximum absolute atomic E-state index is 4.56. The lowest BCUT2D eigenvalue weighted by Crippen LogP contribution is -1.95. The molecule has 0 spiro atoms. The number of rotatable bonds is 2. The molecule has 0 aliphatic rings. The lowest BCUT2D eigenvalue weighted by atomic mass is 10.1. The molecule has 0 amide bonds. The third kappa shape index (κ3) is 2.37. The normalized spacial score (nSPS) is 10.6. The number of hydrogen-bond donors (Lipinski definition) is 0. The van der Waals surface area contributed by atoms with Crippen molar-refractivity contribution in [3.63, 3.8) is 0 Å². The quantitative estimate of drug-likeness (QED) is 0.715. The molecular weight excluding hydrogens is 256 g/mol. The van der Waals surface area contributed by atoms with Crippen molar-refractivity contribution in [2.75, 3.05) is 0 Å². The predicted octanol–water partition coefficient (Wildman–Crippen LogP) is 3.28. The van der Waals surface area contributed by atoms with Gasteiger partial charge >= 0.3 is 0 Å². The Morgan fingerprint density at radius 3 is 2.58 bits per heavy atom. The van der Waals surface area contributed by atoms with Gasteiger partial charge in [0.15, 0.2) is 0 Å². The van der Waals surface area contributed by atoms with Crippen LogP contribution < -0.4 is 0 Å². The molecule has 0 N–H and O–H groups in total. The van der Waals surface area contributed by atoms with Gasteiger partial charge in [-0.3, -0.25) is 9.97 Å². The number of aryl methyl sites for hydroxylation is 2. The first kappa shape index (κ1) is 11.9. The van der Waals surface area contributed by atoms with Crippen LogP contribution in [-0.2, 0) is 0 Å². The highest BCUT2D eigenvalue weighted by molar-refractivity contribution is 7.15. The Bertz CT molecular complexity index is 706. The van der Waals surface area contributed by atoms with Gasteiger partial charge in [0.25, 0.3) is 0 Å². The molecule has 4 nitrogen and oxygen atoms in total. The molecule has 0 aliphatic carbocycles. The number of hydrogen-bond acceptors (Lipinski definition) is 5. The van der Waals surface area contributed by atoms with E-state index in [4.69, 9.17) is 0 Å². The van der Waals surface area contributed by atoms with E-state index in [0.29, 0.717) is 0 Å². The van der Waals surface area contributed by atoms with E-state index in [2.05, 4.69) is 39.0 Å². The molecule has 0 aliphatic heterocycles. The van der Waals surface area contributed by atoms with Crippen LogP contribution in [0.1, 0.15) is 10.7 Å². The molecule has 0 aromatic carbocycles. The minimum absolute atomic E-state index is 0.758. The summed E-state index contributed by atoms with van der Waals surface area (Å²) < 4.78 is 0. The second kappa shape index (κ2) is 4.85. The Hall–Kier alpha value is -2.14. The van der Waals surface area contributed by atoms with Gasteiger partial charge in [0.1, 0.15) is 5.82 Å². The zero-order valence-corrected chi connectivity index (χ0v) is 11.5. The van der Waals surface area contributed by atoms with Gasteiger partial charge in [-0.15, -0.1) is 11.3 Å².